The Morgan fingerprint density at radius 3 is 0.518 bits per heavy atom. The molecule has 11 aliphatic rings. The highest BCUT2D eigenvalue weighted by molar-refractivity contribution is 5.72. The van der Waals surface area contributed by atoms with E-state index in [0.717, 1.165) is 148 Å². The van der Waals surface area contributed by atoms with Crippen molar-refractivity contribution in [2.24, 2.45) is 0 Å². The van der Waals surface area contributed by atoms with Crippen molar-refractivity contribution in [3.63, 3.8) is 0 Å². The molecule has 11 rings (SSSR count). The van der Waals surface area contributed by atoms with Crippen LogP contribution in [0.4, 0.5) is 0 Å². The minimum absolute atomic E-state index is 0.0722. The quantitative estimate of drug-likeness (QED) is 0.0236. The summed E-state index contributed by atoms with van der Waals surface area (Å²) in [5.74, 6) is -1.09. The molecule has 33 heteroatoms. The third kappa shape index (κ3) is 83.0. The zero-order chi connectivity index (χ0) is 102. The lowest BCUT2D eigenvalue weighted by Crippen LogP contribution is -2.10. The first-order chi connectivity index (χ1) is 65.9. The SMILES string of the molecule is CCC(=O)OCC1OC1C.CCC(=O)OCC1OC1CC.CCCC(=O)OCC1OC1C.CCCC(=O)OCC1OC1CC.CCCCC(=O)OCC1OC1C.CCCCCC(=O)OCC1CO1.CCCCCC(=O)OCC1OC1C.CCCCCCC(=O)OCC1CO1.CCCCCCC(=O)OCC1OC1C.CCCCCCCC(=O)OCC1CO1.CCCCCCCC(=O)OCC1OC1C. The topological polar surface area (TPSA) is 427 Å². The lowest BCUT2D eigenvalue weighted by atomic mass is 10.1. The maximum Gasteiger partial charge on any atom is 0.305 e. The normalized spacial score (nSPS) is 24.6. The molecule has 0 saturated carbocycles. The van der Waals surface area contributed by atoms with Gasteiger partial charge in [-0.25, -0.2) is 0 Å². The lowest BCUT2D eigenvalue weighted by Gasteiger charge is -2.02. The number of hydrogen-bond donors (Lipinski definition) is 0. The summed E-state index contributed by atoms with van der Waals surface area (Å²) in [4.78, 5) is 121. The van der Waals surface area contributed by atoms with Crippen molar-refractivity contribution in [1.29, 1.82) is 0 Å². The first-order valence-electron chi connectivity index (χ1n) is 52.8. The zero-order valence-electron chi connectivity index (χ0n) is 87.8. The highest BCUT2D eigenvalue weighted by Gasteiger charge is 2.41. The Morgan fingerprint density at radius 2 is 0.343 bits per heavy atom. The maximum absolute atomic E-state index is 11.2. The van der Waals surface area contributed by atoms with E-state index >= 15 is 0 Å². The average Bonchev–Trinajstić information content (AvgIpc) is 1.71. The summed E-state index contributed by atoms with van der Waals surface area (Å²) in [7, 11) is 0. The molecular formula is C104H186O33. The number of carbonyl (C=O) groups is 11. The van der Waals surface area contributed by atoms with Crippen LogP contribution in [0.5, 0.6) is 0 Å². The summed E-state index contributed by atoms with van der Waals surface area (Å²) >= 11 is 0. The van der Waals surface area contributed by atoms with Gasteiger partial charge in [0.15, 0.2) is 0 Å². The Bertz CT molecular complexity index is 3110. The van der Waals surface area contributed by atoms with E-state index in [2.05, 4.69) is 62.3 Å². The van der Waals surface area contributed by atoms with Crippen LogP contribution in [0.3, 0.4) is 0 Å². The molecular weight excluding hydrogens is 1780 g/mol. The van der Waals surface area contributed by atoms with Crippen molar-refractivity contribution in [2.75, 3.05) is 92.5 Å². The molecule has 11 heterocycles. The number of esters is 11. The molecule has 19 atom stereocenters. The van der Waals surface area contributed by atoms with Gasteiger partial charge in [-0.05, 0) is 112 Å². The standard InChI is InChI=1S/C12H22O3.2C11H20O3.2C10H18O3.3C9H16O3.2C8H14O3.C7H12O3/c1-3-4-5-6-7-8-12(13)14-9-11-10(2)15-11;1-3-4-5-6-7-11(12)13-8-10-9(2)14-10;1-2-3-4-5-6-7-11(12)14-9-10-8-13-10;1-3-4-5-6-10(11)12-7-9-8(2)13-9;1-2-3-4-5-6-10(11)13-8-9-7-12-9;1-3-4-5-9(10)11-6-8-7(2)12-8;1-3-5-9(10)11-6-8-7(4-2)12-8;1-2-3-4-5-9(10)12-7-8-6-11-8;1-3-4-8(9)10-5-7-6(2)11-7;1-3-6-7(11-6)5-10-8(9)4-2;1-3-7(8)9-4-6-5(2)10-6/h10-11H,3-9H2,1-2H3;9-10H,3-8H2,1-2H3;10H,2-9H2,1H3;8-9H,3-7H2,1-2H3;9H,2-8H2,1H3;2*7-8H,3-6H2,1-2H3;8H,2-7H2,1H3;2*6-7H,3-5H2,1-2H3;5-6H,3-4H2,1-2H3. The average molecular weight is 1960 g/mol. The first kappa shape index (κ1) is 129. The van der Waals surface area contributed by atoms with Crippen LogP contribution in [0, 0.1) is 0 Å². The van der Waals surface area contributed by atoms with Crippen molar-refractivity contribution in [3.05, 3.63) is 0 Å². The van der Waals surface area contributed by atoms with Crippen LogP contribution < -0.4 is 0 Å². The van der Waals surface area contributed by atoms with E-state index in [9.17, 15) is 52.7 Å². The third-order valence-corrected chi connectivity index (χ3v) is 22.6. The highest BCUT2D eigenvalue weighted by Crippen LogP contribution is 2.29. The van der Waals surface area contributed by atoms with Crippen molar-refractivity contribution in [1.82, 2.24) is 0 Å². The molecule has 0 aromatic carbocycles. The zero-order valence-corrected chi connectivity index (χ0v) is 87.8. The molecule has 800 valence electrons. The fourth-order valence-corrected chi connectivity index (χ4v) is 12.0. The largest absolute Gasteiger partial charge is 0.463 e. The second-order valence-corrected chi connectivity index (χ2v) is 36.1. The summed E-state index contributed by atoms with van der Waals surface area (Å²) in [5, 5.41) is 0. The Balaban J connectivity index is 0.000000755. The van der Waals surface area contributed by atoms with Gasteiger partial charge in [-0.15, -0.1) is 0 Å². The summed E-state index contributed by atoms with van der Waals surface area (Å²) in [6, 6.07) is 0. The fraction of sp³-hybridized carbons (Fsp3) is 0.894. The number of unbranched alkanes of at least 4 members (excludes halogenated alkanes) is 19. The van der Waals surface area contributed by atoms with Gasteiger partial charge in [-0.2, -0.15) is 0 Å². The smallest absolute Gasteiger partial charge is 0.305 e. The van der Waals surface area contributed by atoms with Crippen molar-refractivity contribution in [2.45, 2.75) is 511 Å². The molecule has 11 saturated heterocycles. The van der Waals surface area contributed by atoms with E-state index in [4.69, 9.17) is 104 Å². The van der Waals surface area contributed by atoms with Gasteiger partial charge in [0.2, 0.25) is 0 Å². The van der Waals surface area contributed by atoms with Crippen molar-refractivity contribution >= 4 is 65.7 Å². The molecule has 0 amide bonds. The summed E-state index contributed by atoms with van der Waals surface area (Å²) in [6.45, 7) is 45.5. The van der Waals surface area contributed by atoms with Gasteiger partial charge in [-0.3, -0.25) is 52.7 Å². The summed E-state index contributed by atoms with van der Waals surface area (Å²) in [5.41, 5.74) is 0. The maximum atomic E-state index is 11.2. The van der Waals surface area contributed by atoms with Crippen LogP contribution in [0.25, 0.3) is 0 Å². The van der Waals surface area contributed by atoms with Crippen LogP contribution >= 0.6 is 0 Å². The first-order valence-corrected chi connectivity index (χ1v) is 52.8. The predicted molar refractivity (Wildman–Crippen MR) is 516 cm³/mol. The van der Waals surface area contributed by atoms with E-state index in [0.29, 0.717) is 156 Å². The van der Waals surface area contributed by atoms with Gasteiger partial charge in [0.05, 0.1) is 68.7 Å². The molecule has 33 nitrogen and oxygen atoms in total. The Kier molecular flexibility index (Phi) is 78.2. The van der Waals surface area contributed by atoms with E-state index in [1.807, 2.05) is 55.4 Å². The second-order valence-electron chi connectivity index (χ2n) is 36.1. The molecule has 19 unspecified atom stereocenters. The van der Waals surface area contributed by atoms with Gasteiger partial charge in [0.25, 0.3) is 0 Å². The molecule has 0 aliphatic carbocycles. The lowest BCUT2D eigenvalue weighted by molar-refractivity contribution is -0.145. The van der Waals surface area contributed by atoms with Crippen LogP contribution in [0.15, 0.2) is 0 Å². The van der Waals surface area contributed by atoms with E-state index < -0.39 is 0 Å². The van der Waals surface area contributed by atoms with Gasteiger partial charge in [-0.1, -0.05) is 212 Å². The third-order valence-electron chi connectivity index (χ3n) is 22.6. The Labute approximate surface area is 822 Å². The number of carbonyl (C=O) groups excluding carboxylic acids is 11. The van der Waals surface area contributed by atoms with Gasteiger partial charge in [0, 0.05) is 70.6 Å². The van der Waals surface area contributed by atoms with Gasteiger partial charge >= 0.3 is 65.7 Å². The molecule has 0 aromatic rings. The minimum Gasteiger partial charge on any atom is -0.463 e. The molecule has 11 aliphatic heterocycles. The van der Waals surface area contributed by atoms with Crippen molar-refractivity contribution in [3.8, 4) is 0 Å². The highest BCUT2D eigenvalue weighted by atomic mass is 16.7. The molecule has 0 N–H and O–H groups in total. The Morgan fingerprint density at radius 1 is 0.182 bits per heavy atom. The molecule has 11 fully saturated rings. The van der Waals surface area contributed by atoms with Crippen LogP contribution in [0.2, 0.25) is 0 Å². The fourth-order valence-electron chi connectivity index (χ4n) is 12.0. The second kappa shape index (κ2) is 83.2. The van der Waals surface area contributed by atoms with Crippen molar-refractivity contribution < 1.29 is 157 Å². The van der Waals surface area contributed by atoms with Gasteiger partial charge < -0.3 is 104 Å². The number of rotatable bonds is 63. The Hall–Kier alpha value is -6.27. The number of ether oxygens (including phenoxy) is 22. The van der Waals surface area contributed by atoms with E-state index in [1.165, 1.54) is 64.2 Å². The monoisotopic (exact) mass is 1960 g/mol. The van der Waals surface area contributed by atoms with Crippen LogP contribution in [-0.2, 0) is 157 Å². The predicted octanol–water partition coefficient (Wildman–Crippen LogP) is 18.5. The molecule has 0 spiro atoms. The van der Waals surface area contributed by atoms with E-state index in [1.54, 1.807) is 13.8 Å². The molecule has 0 radical (unpaired) electrons. The van der Waals surface area contributed by atoms with Crippen LogP contribution in [-0.4, -0.2) is 274 Å². The number of epoxide rings is 11. The molecule has 0 aromatic heterocycles. The van der Waals surface area contributed by atoms with E-state index in [-0.39, 0.29) is 169 Å². The van der Waals surface area contributed by atoms with Crippen LogP contribution in [0.1, 0.15) is 395 Å². The number of hydrogen-bond acceptors (Lipinski definition) is 33. The molecule has 137 heavy (non-hydrogen) atoms. The van der Waals surface area contributed by atoms with Gasteiger partial charge in [0.1, 0.15) is 140 Å². The minimum atomic E-state index is -0.150. The summed E-state index contributed by atoms with van der Waals surface area (Å²) in [6.07, 6.45) is 42.8. The molecule has 0 bridgehead atoms. The summed E-state index contributed by atoms with van der Waals surface area (Å²) < 4.78 is 110.